The van der Waals surface area contributed by atoms with Crippen LogP contribution in [0.25, 0.3) is 0 Å². The molecule has 1 aromatic rings. The molecular weight excluding hydrogens is 225 g/mol. The quantitative estimate of drug-likeness (QED) is 0.456. The Hall–Kier alpha value is -1.24. The van der Waals surface area contributed by atoms with E-state index in [1.165, 1.54) is 12.1 Å². The number of alkyl halides is 1. The molecule has 14 heavy (non-hydrogen) atoms. The second kappa shape index (κ2) is 4.85. The van der Waals surface area contributed by atoms with Crippen molar-refractivity contribution in [3.05, 3.63) is 28.5 Å². The van der Waals surface area contributed by atoms with E-state index < -0.39 is 5.97 Å². The highest BCUT2D eigenvalue weighted by Gasteiger charge is 2.10. The van der Waals surface area contributed by atoms with Crippen molar-refractivity contribution >= 4 is 29.2 Å². The zero-order valence-electron chi connectivity index (χ0n) is 6.92. The lowest BCUT2D eigenvalue weighted by molar-refractivity contribution is 0.0690. The Bertz CT molecular complexity index is 421. The summed E-state index contributed by atoms with van der Waals surface area (Å²) >= 11 is 10.9. The van der Waals surface area contributed by atoms with E-state index in [9.17, 15) is 4.79 Å². The molecule has 0 aliphatic carbocycles. The maximum absolute atomic E-state index is 10.7. The molecule has 0 unspecified atom stereocenters. The largest absolute Gasteiger partial charge is 0.476 e. The topological polar surface area (TPSA) is 50.2 Å². The van der Waals surface area contributed by atoms with Crippen molar-refractivity contribution in [3.63, 3.8) is 0 Å². The van der Waals surface area contributed by atoms with Gasteiger partial charge in [0.2, 0.25) is 0 Å². The van der Waals surface area contributed by atoms with Crippen LogP contribution in [0.1, 0.15) is 16.1 Å². The van der Waals surface area contributed by atoms with Gasteiger partial charge in [0, 0.05) is 0 Å². The SMILES string of the molecule is O=C(O)c1nc(Cl)ccc1C#CCCl. The van der Waals surface area contributed by atoms with Crippen LogP contribution >= 0.6 is 23.2 Å². The van der Waals surface area contributed by atoms with Crippen LogP contribution < -0.4 is 0 Å². The zero-order valence-corrected chi connectivity index (χ0v) is 8.43. The van der Waals surface area contributed by atoms with Gasteiger partial charge in [-0.25, -0.2) is 9.78 Å². The molecule has 0 saturated carbocycles. The standard InChI is InChI=1S/C9H5Cl2NO2/c10-5-1-2-6-3-4-7(11)12-8(6)9(13)14/h3-4H,5H2,(H,13,14). The van der Waals surface area contributed by atoms with Gasteiger partial charge in [0.1, 0.15) is 5.15 Å². The molecule has 1 heterocycles. The molecule has 0 aliphatic heterocycles. The van der Waals surface area contributed by atoms with Gasteiger partial charge in [-0.2, -0.15) is 0 Å². The molecular formula is C9H5Cl2NO2. The number of carbonyl (C=O) groups is 1. The van der Waals surface area contributed by atoms with Crippen molar-refractivity contribution in [3.8, 4) is 11.8 Å². The first kappa shape index (κ1) is 10.8. The lowest BCUT2D eigenvalue weighted by Gasteiger charge is -1.97. The van der Waals surface area contributed by atoms with Crippen molar-refractivity contribution in [2.75, 3.05) is 5.88 Å². The fourth-order valence-electron chi connectivity index (χ4n) is 0.828. The summed E-state index contributed by atoms with van der Waals surface area (Å²) in [5.41, 5.74) is 0.151. The second-order valence-corrected chi connectivity index (χ2v) is 2.93. The molecule has 0 bridgehead atoms. The van der Waals surface area contributed by atoms with E-state index in [-0.39, 0.29) is 16.7 Å². The summed E-state index contributed by atoms with van der Waals surface area (Å²) < 4.78 is 0. The van der Waals surface area contributed by atoms with E-state index >= 15 is 0 Å². The number of aromatic nitrogens is 1. The summed E-state index contributed by atoms with van der Waals surface area (Å²) in [5.74, 6) is 4.12. The minimum absolute atomic E-state index is 0.124. The third kappa shape index (κ3) is 2.63. The van der Waals surface area contributed by atoms with E-state index in [0.29, 0.717) is 5.56 Å². The lowest BCUT2D eigenvalue weighted by Crippen LogP contribution is -2.03. The first-order valence-electron chi connectivity index (χ1n) is 3.60. The van der Waals surface area contributed by atoms with E-state index in [2.05, 4.69) is 16.8 Å². The predicted molar refractivity (Wildman–Crippen MR) is 53.8 cm³/mol. The number of carboxylic acids is 1. The van der Waals surface area contributed by atoms with Gasteiger partial charge in [-0.05, 0) is 12.1 Å². The van der Waals surface area contributed by atoms with Crippen molar-refractivity contribution in [2.45, 2.75) is 0 Å². The molecule has 0 spiro atoms. The number of aromatic carboxylic acids is 1. The molecule has 1 N–H and O–H groups in total. The van der Waals surface area contributed by atoms with Crippen LogP contribution in [0.15, 0.2) is 12.1 Å². The van der Waals surface area contributed by atoms with Crippen LogP contribution in [0.4, 0.5) is 0 Å². The monoisotopic (exact) mass is 229 g/mol. The normalized spacial score (nSPS) is 9.00. The number of hydrogen-bond acceptors (Lipinski definition) is 2. The molecule has 1 aromatic heterocycles. The lowest BCUT2D eigenvalue weighted by atomic mass is 10.2. The molecule has 0 aliphatic rings. The van der Waals surface area contributed by atoms with Gasteiger partial charge in [-0.1, -0.05) is 23.4 Å². The van der Waals surface area contributed by atoms with Crippen LogP contribution in [-0.4, -0.2) is 21.9 Å². The van der Waals surface area contributed by atoms with Crippen LogP contribution in [0, 0.1) is 11.8 Å². The van der Waals surface area contributed by atoms with Crippen LogP contribution in [-0.2, 0) is 0 Å². The Labute approximate surface area is 90.7 Å². The van der Waals surface area contributed by atoms with E-state index in [0.717, 1.165) is 0 Å². The smallest absolute Gasteiger partial charge is 0.355 e. The minimum Gasteiger partial charge on any atom is -0.476 e. The number of pyridine rings is 1. The number of halogens is 2. The van der Waals surface area contributed by atoms with Gasteiger partial charge in [0.15, 0.2) is 5.69 Å². The molecule has 0 amide bonds. The molecule has 3 nitrogen and oxygen atoms in total. The Balaban J connectivity index is 3.22. The summed E-state index contributed by atoms with van der Waals surface area (Å²) in [6.45, 7) is 0. The highest BCUT2D eigenvalue weighted by Crippen LogP contribution is 2.10. The van der Waals surface area contributed by atoms with Crippen LogP contribution in [0.2, 0.25) is 5.15 Å². The van der Waals surface area contributed by atoms with E-state index in [1.54, 1.807) is 0 Å². The number of carboxylic acid groups (broad SMARTS) is 1. The fraction of sp³-hybridized carbons (Fsp3) is 0.111. The summed E-state index contributed by atoms with van der Waals surface area (Å²) in [7, 11) is 0. The zero-order chi connectivity index (χ0) is 10.6. The van der Waals surface area contributed by atoms with Gasteiger partial charge >= 0.3 is 5.97 Å². The molecule has 5 heteroatoms. The highest BCUT2D eigenvalue weighted by atomic mass is 35.5. The molecule has 1 rings (SSSR count). The fourth-order valence-corrected chi connectivity index (χ4v) is 1.04. The van der Waals surface area contributed by atoms with Gasteiger partial charge in [0.05, 0.1) is 11.4 Å². The van der Waals surface area contributed by atoms with Crippen molar-refractivity contribution in [1.82, 2.24) is 4.98 Å². The Morgan fingerprint density at radius 3 is 2.86 bits per heavy atom. The number of rotatable bonds is 1. The summed E-state index contributed by atoms with van der Waals surface area (Å²) in [6.07, 6.45) is 0. The molecule has 0 fully saturated rings. The van der Waals surface area contributed by atoms with Crippen molar-refractivity contribution in [2.24, 2.45) is 0 Å². The Morgan fingerprint density at radius 1 is 1.57 bits per heavy atom. The first-order chi connectivity index (χ1) is 6.65. The molecule has 0 atom stereocenters. The van der Waals surface area contributed by atoms with Crippen molar-refractivity contribution in [1.29, 1.82) is 0 Å². The number of nitrogens with zero attached hydrogens (tertiary/aromatic N) is 1. The highest BCUT2D eigenvalue weighted by molar-refractivity contribution is 6.29. The molecule has 0 saturated heterocycles. The summed E-state index contributed by atoms with van der Waals surface area (Å²) in [6, 6.07) is 2.98. The van der Waals surface area contributed by atoms with Gasteiger partial charge < -0.3 is 5.11 Å². The average Bonchev–Trinajstić information content (AvgIpc) is 2.15. The Morgan fingerprint density at radius 2 is 2.29 bits per heavy atom. The summed E-state index contributed by atoms with van der Waals surface area (Å²) in [4.78, 5) is 14.4. The van der Waals surface area contributed by atoms with Gasteiger partial charge in [-0.15, -0.1) is 11.6 Å². The summed E-state index contributed by atoms with van der Waals surface area (Å²) in [5, 5.41) is 8.89. The third-order valence-electron chi connectivity index (χ3n) is 1.35. The first-order valence-corrected chi connectivity index (χ1v) is 4.51. The molecule has 0 radical (unpaired) electrons. The van der Waals surface area contributed by atoms with Gasteiger partial charge in [-0.3, -0.25) is 0 Å². The maximum atomic E-state index is 10.7. The predicted octanol–water partition coefficient (Wildman–Crippen LogP) is 2.02. The second-order valence-electron chi connectivity index (χ2n) is 2.27. The average molecular weight is 230 g/mol. The van der Waals surface area contributed by atoms with E-state index in [4.69, 9.17) is 28.3 Å². The number of hydrogen-bond donors (Lipinski definition) is 1. The van der Waals surface area contributed by atoms with Crippen LogP contribution in [0.3, 0.4) is 0 Å². The molecule has 72 valence electrons. The van der Waals surface area contributed by atoms with E-state index in [1.807, 2.05) is 0 Å². The Kier molecular flexibility index (Phi) is 3.75. The van der Waals surface area contributed by atoms with Crippen molar-refractivity contribution < 1.29 is 9.90 Å². The maximum Gasteiger partial charge on any atom is 0.355 e. The van der Waals surface area contributed by atoms with Gasteiger partial charge in [0.25, 0.3) is 0 Å². The molecule has 0 aromatic carbocycles. The minimum atomic E-state index is -1.16. The third-order valence-corrected chi connectivity index (χ3v) is 1.70. The van der Waals surface area contributed by atoms with Crippen LogP contribution in [0.5, 0.6) is 0 Å².